The van der Waals surface area contributed by atoms with Gasteiger partial charge in [-0.05, 0) is 10.6 Å². The highest BCUT2D eigenvalue weighted by molar-refractivity contribution is 7.55. The fourth-order valence-corrected chi connectivity index (χ4v) is 2.26. The molecule has 0 heterocycles. The third kappa shape index (κ3) is 3.22. The Kier molecular flexibility index (Phi) is 4.80. The van der Waals surface area contributed by atoms with Crippen molar-refractivity contribution in [3.05, 3.63) is 60.7 Å². The molecule has 2 aromatic carbocycles. The predicted molar refractivity (Wildman–Crippen MR) is 73.7 cm³/mol. The zero-order chi connectivity index (χ0) is 8.93. The highest BCUT2D eigenvalue weighted by Gasteiger charge is 1.92. The lowest BCUT2D eigenvalue weighted by atomic mass is 10.4. The number of rotatable bonds is 2. The van der Waals surface area contributed by atoms with Crippen LogP contribution in [0.3, 0.4) is 0 Å². The number of hydrogen-bond donors (Lipinski definition) is 0. The highest BCUT2D eigenvalue weighted by Crippen LogP contribution is 2.08. The van der Waals surface area contributed by atoms with E-state index < -0.39 is 0 Å². The van der Waals surface area contributed by atoms with Gasteiger partial charge in [-0.3, -0.25) is 0 Å². The first-order valence-electron chi connectivity index (χ1n) is 4.32. The van der Waals surface area contributed by atoms with Crippen LogP contribution in [0.1, 0.15) is 1.43 Å². The van der Waals surface area contributed by atoms with Gasteiger partial charge < -0.3 is 0 Å². The summed E-state index contributed by atoms with van der Waals surface area (Å²) in [5.74, 6) is 0. The molecule has 0 fully saturated rings. The van der Waals surface area contributed by atoms with Crippen LogP contribution in [-0.2, 0) is 0 Å². The molecule has 0 aromatic heterocycles. The van der Waals surface area contributed by atoms with Crippen molar-refractivity contribution in [3.8, 4) is 0 Å². The van der Waals surface area contributed by atoms with E-state index in [1.807, 2.05) is 0 Å². The Morgan fingerprint density at radius 1 is 0.643 bits per heavy atom. The SMILES string of the molecule is P.[HH].c1ccc(Pc2ccccc2)cc1. The van der Waals surface area contributed by atoms with Gasteiger partial charge in [0, 0.05) is 1.43 Å². The molecule has 0 saturated heterocycles. The van der Waals surface area contributed by atoms with Gasteiger partial charge in [-0.15, -0.1) is 0 Å². The van der Waals surface area contributed by atoms with Crippen LogP contribution in [0.5, 0.6) is 0 Å². The summed E-state index contributed by atoms with van der Waals surface area (Å²) in [6.07, 6.45) is 0. The summed E-state index contributed by atoms with van der Waals surface area (Å²) >= 11 is 0. The Morgan fingerprint density at radius 3 is 1.36 bits per heavy atom. The summed E-state index contributed by atoms with van der Waals surface area (Å²) in [6, 6.07) is 21.2. The Bertz CT molecular complexity index is 324. The Morgan fingerprint density at radius 2 is 1.00 bits per heavy atom. The quantitative estimate of drug-likeness (QED) is 0.685. The van der Waals surface area contributed by atoms with E-state index in [1.165, 1.54) is 10.6 Å². The molecule has 0 spiro atoms. The van der Waals surface area contributed by atoms with Crippen molar-refractivity contribution in [2.24, 2.45) is 0 Å². The summed E-state index contributed by atoms with van der Waals surface area (Å²) in [4.78, 5) is 0. The molecule has 0 nitrogen and oxygen atoms in total. The van der Waals surface area contributed by atoms with E-state index in [2.05, 4.69) is 60.7 Å². The molecule has 0 aliphatic carbocycles. The van der Waals surface area contributed by atoms with E-state index in [1.54, 1.807) is 0 Å². The zero-order valence-corrected chi connectivity index (χ0v) is 10.4. The molecule has 0 bridgehead atoms. The lowest BCUT2D eigenvalue weighted by Gasteiger charge is -2.00. The monoisotopic (exact) mass is 222 g/mol. The van der Waals surface area contributed by atoms with E-state index in [0.29, 0.717) is 0 Å². The fourth-order valence-electron chi connectivity index (χ4n) is 1.21. The van der Waals surface area contributed by atoms with Gasteiger partial charge in [0.2, 0.25) is 0 Å². The summed E-state index contributed by atoms with van der Waals surface area (Å²) in [6.45, 7) is 0. The van der Waals surface area contributed by atoms with Crippen molar-refractivity contribution in [3.63, 3.8) is 0 Å². The van der Waals surface area contributed by atoms with Crippen LogP contribution >= 0.6 is 18.5 Å². The van der Waals surface area contributed by atoms with Crippen molar-refractivity contribution in [1.82, 2.24) is 0 Å². The molecule has 0 N–H and O–H groups in total. The molecule has 2 heteroatoms. The smallest absolute Gasteiger partial charge is 0 e. The van der Waals surface area contributed by atoms with Crippen LogP contribution in [0, 0.1) is 0 Å². The third-order valence-electron chi connectivity index (χ3n) is 1.84. The summed E-state index contributed by atoms with van der Waals surface area (Å²) < 4.78 is 0. The van der Waals surface area contributed by atoms with Crippen LogP contribution in [0.25, 0.3) is 0 Å². The second kappa shape index (κ2) is 5.91. The van der Waals surface area contributed by atoms with Crippen LogP contribution < -0.4 is 10.6 Å². The summed E-state index contributed by atoms with van der Waals surface area (Å²) in [7, 11) is 0.777. The second-order valence-electron chi connectivity index (χ2n) is 2.86. The van der Waals surface area contributed by atoms with Gasteiger partial charge in [-0.2, -0.15) is 9.90 Å². The van der Waals surface area contributed by atoms with Crippen LogP contribution in [0.4, 0.5) is 0 Å². The maximum Gasteiger partial charge on any atom is 0 e. The first-order valence-corrected chi connectivity index (χ1v) is 5.32. The Hall–Kier alpha value is -0.700. The van der Waals surface area contributed by atoms with E-state index >= 15 is 0 Å². The van der Waals surface area contributed by atoms with Crippen LogP contribution in [0.2, 0.25) is 0 Å². The van der Waals surface area contributed by atoms with Gasteiger partial charge in [0.15, 0.2) is 0 Å². The topological polar surface area (TPSA) is 0 Å². The molecule has 2 rings (SSSR count). The zero-order valence-electron chi connectivity index (χ0n) is 7.98. The molecule has 2 aromatic rings. The summed E-state index contributed by atoms with van der Waals surface area (Å²) in [5, 5.41) is 2.79. The average molecular weight is 222 g/mol. The van der Waals surface area contributed by atoms with Crippen molar-refractivity contribution >= 4 is 29.1 Å². The molecule has 0 radical (unpaired) electrons. The molecular formula is C12H16P2. The van der Waals surface area contributed by atoms with E-state index in [4.69, 9.17) is 0 Å². The molecule has 0 aliphatic rings. The molecule has 1 atom stereocenters. The molecular weight excluding hydrogens is 206 g/mol. The number of hydrogen-bond acceptors (Lipinski definition) is 0. The van der Waals surface area contributed by atoms with Crippen molar-refractivity contribution in [1.29, 1.82) is 0 Å². The Balaban J connectivity index is 0.000000980. The van der Waals surface area contributed by atoms with Crippen molar-refractivity contribution in [2.45, 2.75) is 0 Å². The minimum Gasteiger partial charge on any atom is -0.153 e. The van der Waals surface area contributed by atoms with Crippen molar-refractivity contribution < 1.29 is 1.43 Å². The lowest BCUT2D eigenvalue weighted by Crippen LogP contribution is -2.01. The first kappa shape index (κ1) is 11.4. The van der Waals surface area contributed by atoms with Gasteiger partial charge in [-0.25, -0.2) is 0 Å². The number of benzene rings is 2. The van der Waals surface area contributed by atoms with Gasteiger partial charge in [0.25, 0.3) is 0 Å². The molecule has 0 aliphatic heterocycles. The predicted octanol–water partition coefficient (Wildman–Crippen LogP) is 2.62. The van der Waals surface area contributed by atoms with Crippen LogP contribution in [-0.4, -0.2) is 0 Å². The van der Waals surface area contributed by atoms with Gasteiger partial charge in [-0.1, -0.05) is 69.2 Å². The second-order valence-corrected chi connectivity index (χ2v) is 4.26. The molecule has 0 saturated carbocycles. The largest absolute Gasteiger partial charge is 0.153 e. The summed E-state index contributed by atoms with van der Waals surface area (Å²) in [5.41, 5.74) is 0. The minimum absolute atomic E-state index is 0. The first-order chi connectivity index (χ1) is 6.45. The maximum absolute atomic E-state index is 2.17. The normalized spacial score (nSPS) is 9.14. The Labute approximate surface area is 91.6 Å². The standard InChI is InChI=1S/C12H11P.H3P.H2/c1-3-7-11(8-4-1)13-12-9-5-2-6-10-12;;/h1-10,13H;1H3;1H. The van der Waals surface area contributed by atoms with Gasteiger partial charge in [0.1, 0.15) is 0 Å². The third-order valence-corrected chi connectivity index (χ3v) is 3.08. The minimum atomic E-state index is 0. The van der Waals surface area contributed by atoms with Gasteiger partial charge in [0.05, 0.1) is 0 Å². The van der Waals surface area contributed by atoms with Crippen LogP contribution in [0.15, 0.2) is 60.7 Å². The van der Waals surface area contributed by atoms with Gasteiger partial charge >= 0.3 is 0 Å². The molecule has 0 amide bonds. The average Bonchev–Trinajstić information content (AvgIpc) is 2.21. The lowest BCUT2D eigenvalue weighted by molar-refractivity contribution is 1.76. The fraction of sp³-hybridized carbons (Fsp3) is 0. The van der Waals surface area contributed by atoms with E-state index in [0.717, 1.165) is 8.58 Å². The van der Waals surface area contributed by atoms with E-state index in [-0.39, 0.29) is 11.3 Å². The molecule has 1 unspecified atom stereocenters. The molecule has 74 valence electrons. The maximum atomic E-state index is 2.17. The van der Waals surface area contributed by atoms with E-state index in [9.17, 15) is 0 Å². The molecule has 14 heavy (non-hydrogen) atoms. The van der Waals surface area contributed by atoms with Crippen molar-refractivity contribution in [2.75, 3.05) is 0 Å². The highest BCUT2D eigenvalue weighted by atomic mass is 31.1.